The molecule has 1 fully saturated rings. The van der Waals surface area contributed by atoms with E-state index in [-0.39, 0.29) is 35.0 Å². The lowest BCUT2D eigenvalue weighted by molar-refractivity contribution is 0.279. The number of benzene rings is 1. The molecule has 31 heavy (non-hydrogen) atoms. The van der Waals surface area contributed by atoms with Gasteiger partial charge in [-0.25, -0.2) is 16.8 Å². The number of phenolic OH excluding ortho intramolecular Hbond substituents is 1. The SMILES string of the molecule is CC(C)CN(C[C@H]1CN(S(=O)(=O)c2cccs2)CCN1c1ccc(O)cc1)S(C)(=O)=O. The first-order valence-corrected chi connectivity index (χ1v) is 14.2. The first-order valence-electron chi connectivity index (χ1n) is 10.0. The predicted octanol–water partition coefficient (Wildman–Crippen LogP) is 2.25. The number of rotatable bonds is 8. The Hall–Kier alpha value is -1.66. The van der Waals surface area contributed by atoms with Gasteiger partial charge >= 0.3 is 0 Å². The molecule has 0 spiro atoms. The Morgan fingerprint density at radius 3 is 2.35 bits per heavy atom. The van der Waals surface area contributed by atoms with Gasteiger partial charge in [-0.05, 0) is 41.6 Å². The standard InChI is InChI=1S/C20H29N3O5S3/c1-16(2)13-22(30(3,25)26)15-18-14-21(31(27,28)20-5-4-12-29-20)10-11-23(18)17-6-8-19(24)9-7-17/h4-9,12,16,18,24H,10-11,13-15H2,1-3H3/t18-/m1/s1. The Labute approximate surface area is 188 Å². The van der Waals surface area contributed by atoms with Gasteiger partial charge in [0.05, 0.1) is 12.3 Å². The number of thiophene rings is 1. The van der Waals surface area contributed by atoms with Gasteiger partial charge in [-0.2, -0.15) is 8.61 Å². The van der Waals surface area contributed by atoms with E-state index in [0.717, 1.165) is 5.69 Å². The van der Waals surface area contributed by atoms with Crippen LogP contribution in [0.3, 0.4) is 0 Å². The van der Waals surface area contributed by atoms with E-state index in [1.807, 2.05) is 18.7 Å². The van der Waals surface area contributed by atoms with Gasteiger partial charge in [0.1, 0.15) is 9.96 Å². The number of hydrogen-bond donors (Lipinski definition) is 1. The summed E-state index contributed by atoms with van der Waals surface area (Å²) >= 11 is 1.17. The fraction of sp³-hybridized carbons (Fsp3) is 0.500. The zero-order chi connectivity index (χ0) is 22.8. The predicted molar refractivity (Wildman–Crippen MR) is 124 cm³/mol. The van der Waals surface area contributed by atoms with Crippen molar-refractivity contribution in [3.8, 4) is 5.75 Å². The van der Waals surface area contributed by atoms with Crippen molar-refractivity contribution in [2.45, 2.75) is 24.1 Å². The highest BCUT2D eigenvalue weighted by Gasteiger charge is 2.37. The minimum Gasteiger partial charge on any atom is -0.508 e. The van der Waals surface area contributed by atoms with Gasteiger partial charge in [-0.3, -0.25) is 0 Å². The minimum atomic E-state index is -3.64. The van der Waals surface area contributed by atoms with Gasteiger partial charge in [0.15, 0.2) is 0 Å². The first-order chi connectivity index (χ1) is 14.5. The summed E-state index contributed by atoms with van der Waals surface area (Å²) in [6, 6.07) is 9.59. The fourth-order valence-electron chi connectivity index (χ4n) is 3.71. The largest absolute Gasteiger partial charge is 0.508 e. The quantitative estimate of drug-likeness (QED) is 0.613. The Morgan fingerprint density at radius 2 is 1.81 bits per heavy atom. The molecule has 8 nitrogen and oxygen atoms in total. The molecule has 0 aliphatic carbocycles. The van der Waals surface area contributed by atoms with Crippen LogP contribution in [0.4, 0.5) is 5.69 Å². The molecular formula is C20H29N3O5S3. The highest BCUT2D eigenvalue weighted by molar-refractivity contribution is 7.91. The molecule has 2 heterocycles. The van der Waals surface area contributed by atoms with E-state index in [9.17, 15) is 21.9 Å². The summed E-state index contributed by atoms with van der Waals surface area (Å²) in [4.78, 5) is 2.03. The van der Waals surface area contributed by atoms with Crippen molar-refractivity contribution < 1.29 is 21.9 Å². The monoisotopic (exact) mass is 487 g/mol. The molecule has 1 aliphatic rings. The molecule has 0 bridgehead atoms. The molecule has 0 radical (unpaired) electrons. The summed E-state index contributed by atoms with van der Waals surface area (Å²) in [6.45, 7) is 5.31. The molecular weight excluding hydrogens is 458 g/mol. The smallest absolute Gasteiger partial charge is 0.252 e. The molecule has 2 aromatic rings. The second kappa shape index (κ2) is 9.45. The van der Waals surface area contributed by atoms with Crippen molar-refractivity contribution in [3.63, 3.8) is 0 Å². The zero-order valence-electron chi connectivity index (χ0n) is 17.9. The molecule has 0 unspecified atom stereocenters. The van der Waals surface area contributed by atoms with Crippen LogP contribution in [0.5, 0.6) is 5.75 Å². The summed E-state index contributed by atoms with van der Waals surface area (Å²) in [5, 5.41) is 11.4. The molecule has 1 aromatic heterocycles. The second-order valence-electron chi connectivity index (χ2n) is 8.13. The van der Waals surface area contributed by atoms with E-state index < -0.39 is 20.0 Å². The molecule has 1 N–H and O–H groups in total. The number of piperazine rings is 1. The third-order valence-corrected chi connectivity index (χ3v) is 9.64. The fourth-order valence-corrected chi connectivity index (χ4v) is 7.34. The van der Waals surface area contributed by atoms with Crippen LogP contribution >= 0.6 is 11.3 Å². The van der Waals surface area contributed by atoms with Gasteiger partial charge < -0.3 is 10.0 Å². The van der Waals surface area contributed by atoms with Gasteiger partial charge in [-0.15, -0.1) is 11.3 Å². The van der Waals surface area contributed by atoms with Gasteiger partial charge in [0.25, 0.3) is 10.0 Å². The van der Waals surface area contributed by atoms with Crippen LogP contribution in [-0.2, 0) is 20.0 Å². The molecule has 1 saturated heterocycles. The van der Waals surface area contributed by atoms with Crippen LogP contribution < -0.4 is 4.90 Å². The Kier molecular flexibility index (Phi) is 7.32. The zero-order valence-corrected chi connectivity index (χ0v) is 20.3. The lowest BCUT2D eigenvalue weighted by Crippen LogP contribution is -2.59. The van der Waals surface area contributed by atoms with E-state index in [0.29, 0.717) is 19.6 Å². The molecule has 11 heteroatoms. The van der Waals surface area contributed by atoms with Gasteiger partial charge in [0.2, 0.25) is 10.0 Å². The van der Waals surface area contributed by atoms with Crippen molar-refractivity contribution in [2.24, 2.45) is 5.92 Å². The number of phenols is 1. The second-order valence-corrected chi connectivity index (χ2v) is 13.2. The highest BCUT2D eigenvalue weighted by atomic mass is 32.2. The van der Waals surface area contributed by atoms with E-state index in [1.54, 1.807) is 41.8 Å². The summed E-state index contributed by atoms with van der Waals surface area (Å²) in [7, 11) is -7.11. The normalized spacial score (nSPS) is 18.7. The highest BCUT2D eigenvalue weighted by Crippen LogP contribution is 2.28. The minimum absolute atomic E-state index is 0.131. The van der Waals surface area contributed by atoms with E-state index in [2.05, 4.69) is 0 Å². The van der Waals surface area contributed by atoms with Crippen LogP contribution in [0.15, 0.2) is 46.0 Å². The lowest BCUT2D eigenvalue weighted by Gasteiger charge is -2.43. The van der Waals surface area contributed by atoms with Gasteiger partial charge in [-0.1, -0.05) is 19.9 Å². The van der Waals surface area contributed by atoms with Crippen molar-refractivity contribution in [1.82, 2.24) is 8.61 Å². The third kappa shape index (κ3) is 5.78. The Morgan fingerprint density at radius 1 is 1.13 bits per heavy atom. The molecule has 1 atom stereocenters. The summed E-state index contributed by atoms with van der Waals surface area (Å²) in [5.41, 5.74) is 0.814. The van der Waals surface area contributed by atoms with Crippen LogP contribution in [0.25, 0.3) is 0 Å². The average Bonchev–Trinajstić information content (AvgIpc) is 3.23. The molecule has 3 rings (SSSR count). The third-order valence-electron chi connectivity index (χ3n) is 5.17. The van der Waals surface area contributed by atoms with Crippen molar-refractivity contribution >= 4 is 37.1 Å². The number of aromatic hydroxyl groups is 1. The molecule has 1 aliphatic heterocycles. The number of hydrogen-bond acceptors (Lipinski definition) is 7. The average molecular weight is 488 g/mol. The van der Waals surface area contributed by atoms with Crippen molar-refractivity contribution in [1.29, 1.82) is 0 Å². The number of anilines is 1. The maximum Gasteiger partial charge on any atom is 0.252 e. The first kappa shape index (κ1) is 24.0. The maximum absolute atomic E-state index is 13.1. The van der Waals surface area contributed by atoms with E-state index in [1.165, 1.54) is 26.2 Å². The Bertz CT molecular complexity index is 1070. The van der Waals surface area contributed by atoms with E-state index in [4.69, 9.17) is 0 Å². The van der Waals surface area contributed by atoms with Crippen molar-refractivity contribution in [3.05, 3.63) is 41.8 Å². The van der Waals surface area contributed by atoms with Crippen LogP contribution in [0, 0.1) is 5.92 Å². The molecule has 0 saturated carbocycles. The lowest BCUT2D eigenvalue weighted by atomic mass is 10.1. The number of sulfonamides is 2. The van der Waals surface area contributed by atoms with Crippen LogP contribution in [-0.4, -0.2) is 75.6 Å². The van der Waals surface area contributed by atoms with Crippen LogP contribution in [0.1, 0.15) is 13.8 Å². The molecule has 172 valence electrons. The number of nitrogens with zero attached hydrogens (tertiary/aromatic N) is 3. The van der Waals surface area contributed by atoms with E-state index >= 15 is 0 Å². The molecule has 1 aromatic carbocycles. The summed E-state index contributed by atoms with van der Waals surface area (Å²) in [6.07, 6.45) is 1.18. The molecule has 0 amide bonds. The Balaban J connectivity index is 1.93. The summed E-state index contributed by atoms with van der Waals surface area (Å²) in [5.74, 6) is 0.267. The topological polar surface area (TPSA) is 98.2 Å². The van der Waals surface area contributed by atoms with Gasteiger partial charge in [0, 0.05) is 38.4 Å². The van der Waals surface area contributed by atoms with Crippen molar-refractivity contribution in [2.75, 3.05) is 43.9 Å². The summed E-state index contributed by atoms with van der Waals surface area (Å²) < 4.78 is 54.2. The van der Waals surface area contributed by atoms with Crippen LogP contribution in [0.2, 0.25) is 0 Å². The maximum atomic E-state index is 13.1.